The normalized spacial score (nSPS) is 12.9. The molecule has 12 aromatic rings. The number of nitrogens with zero attached hydrogens (tertiary/aromatic N) is 4. The van der Waals surface area contributed by atoms with Crippen LogP contribution in [0.1, 0.15) is 22.3 Å². The number of hydrogen-bond donors (Lipinski definition) is 0. The third-order valence-corrected chi connectivity index (χ3v) is 13.0. The lowest BCUT2D eigenvalue weighted by molar-refractivity contribution is 0.669. The van der Waals surface area contributed by atoms with E-state index in [1.807, 2.05) is 54.6 Å². The van der Waals surface area contributed by atoms with Crippen LogP contribution in [0.15, 0.2) is 223 Å². The lowest BCUT2D eigenvalue weighted by atomic mass is 9.67. The van der Waals surface area contributed by atoms with Gasteiger partial charge >= 0.3 is 0 Å². The summed E-state index contributed by atoms with van der Waals surface area (Å²) in [6.45, 7) is 0. The van der Waals surface area contributed by atoms with E-state index >= 15 is 0 Å². The molecule has 0 N–H and O–H groups in total. The summed E-state index contributed by atoms with van der Waals surface area (Å²) in [7, 11) is 0. The van der Waals surface area contributed by atoms with Gasteiger partial charge in [0.2, 0.25) is 5.95 Å². The summed E-state index contributed by atoms with van der Waals surface area (Å²) in [5.41, 5.74) is 14.8. The number of aromatic nitrogens is 4. The van der Waals surface area contributed by atoms with Crippen LogP contribution < -0.4 is 0 Å². The fourth-order valence-corrected chi connectivity index (χ4v) is 10.2. The van der Waals surface area contributed by atoms with Crippen LogP contribution in [0.3, 0.4) is 0 Å². The second-order valence-electron chi connectivity index (χ2n) is 16.3. The first kappa shape index (κ1) is 35.4. The largest absolute Gasteiger partial charge is 0.456 e. The first-order valence-corrected chi connectivity index (χ1v) is 21.3. The Kier molecular flexibility index (Phi) is 7.75. The smallest absolute Gasteiger partial charge is 0.238 e. The van der Waals surface area contributed by atoms with E-state index in [0.29, 0.717) is 17.6 Å². The maximum Gasteiger partial charge on any atom is 0.238 e. The summed E-state index contributed by atoms with van der Waals surface area (Å²) in [4.78, 5) is 15.6. The summed E-state index contributed by atoms with van der Waals surface area (Å²) in [5.74, 6) is 1.71. The van der Waals surface area contributed by atoms with Gasteiger partial charge in [-0.05, 0) is 80.9 Å². The van der Waals surface area contributed by atoms with Crippen molar-refractivity contribution in [2.45, 2.75) is 5.41 Å². The molecule has 0 saturated carbocycles. The first-order valence-electron chi connectivity index (χ1n) is 21.3. The predicted octanol–water partition coefficient (Wildman–Crippen LogP) is 14.2. The van der Waals surface area contributed by atoms with E-state index in [2.05, 4.69) is 168 Å². The monoisotopic (exact) mass is 804 g/mol. The topological polar surface area (TPSA) is 56.7 Å². The van der Waals surface area contributed by atoms with Crippen molar-refractivity contribution in [2.75, 3.05) is 0 Å². The van der Waals surface area contributed by atoms with E-state index in [9.17, 15) is 0 Å². The molecule has 0 spiro atoms. The zero-order valence-electron chi connectivity index (χ0n) is 34.0. The summed E-state index contributed by atoms with van der Waals surface area (Å²) in [5, 5.41) is 4.39. The van der Waals surface area contributed by atoms with E-state index < -0.39 is 5.41 Å². The Labute approximate surface area is 363 Å². The molecule has 0 atom stereocenters. The van der Waals surface area contributed by atoms with Gasteiger partial charge in [-0.2, -0.15) is 9.97 Å². The summed E-state index contributed by atoms with van der Waals surface area (Å²) >= 11 is 0. The second-order valence-corrected chi connectivity index (χ2v) is 16.3. The Morgan fingerprint density at radius 1 is 0.349 bits per heavy atom. The zero-order chi connectivity index (χ0) is 41.5. The third-order valence-electron chi connectivity index (χ3n) is 13.0. The van der Waals surface area contributed by atoms with Crippen molar-refractivity contribution in [1.82, 2.24) is 19.5 Å². The van der Waals surface area contributed by atoms with Crippen molar-refractivity contribution in [1.29, 1.82) is 0 Å². The molecular formula is C58H36N4O. The average molecular weight is 805 g/mol. The maximum atomic E-state index is 6.34. The standard InChI is InChI=1S/C58H36N4O/c1-4-16-37(17-5-1)55-59-56(40-30-33-48-47-24-12-15-27-53(47)63-54(48)36-40)61-57(60-55)62-51-26-14-11-23-45(51)46-32-29-39(35-52(46)62)38-28-31-44-43-22-10-13-25-49(43)58(50(44)34-38,41-18-6-2-7-19-41)42-20-8-3-9-21-42/h1-36H. The quantitative estimate of drug-likeness (QED) is 0.168. The molecule has 0 bridgehead atoms. The maximum absolute atomic E-state index is 6.34. The van der Waals surface area contributed by atoms with E-state index in [1.54, 1.807) is 0 Å². The van der Waals surface area contributed by atoms with Crippen LogP contribution in [0.25, 0.3) is 94.7 Å². The van der Waals surface area contributed by atoms with Crippen LogP contribution in [0, 0.1) is 0 Å². The van der Waals surface area contributed by atoms with E-state index in [0.717, 1.165) is 66.0 Å². The fourth-order valence-electron chi connectivity index (χ4n) is 10.2. The molecule has 0 unspecified atom stereocenters. The Balaban J connectivity index is 1.03. The van der Waals surface area contributed by atoms with Crippen LogP contribution in [0.4, 0.5) is 0 Å². The lowest BCUT2D eigenvalue weighted by Gasteiger charge is -2.34. The van der Waals surface area contributed by atoms with Crippen molar-refractivity contribution in [3.63, 3.8) is 0 Å². The SMILES string of the molecule is c1ccc(-c2nc(-c3ccc4c(c3)oc3ccccc34)nc(-n3c4ccccc4c4ccc(-c5ccc6c(c5)C(c5ccccc5)(c5ccccc5)c5ccccc5-6)cc43)n2)cc1. The average Bonchev–Trinajstić information content (AvgIpc) is 4.00. The lowest BCUT2D eigenvalue weighted by Crippen LogP contribution is -2.28. The first-order chi connectivity index (χ1) is 31.2. The number of hydrogen-bond acceptors (Lipinski definition) is 4. The van der Waals surface area contributed by atoms with Gasteiger partial charge in [0.1, 0.15) is 11.2 Å². The molecule has 1 aliphatic carbocycles. The molecule has 0 amide bonds. The molecule has 0 fully saturated rings. The minimum absolute atomic E-state index is 0.496. The molecule has 13 rings (SSSR count). The van der Waals surface area contributed by atoms with E-state index in [1.165, 1.54) is 33.4 Å². The molecule has 63 heavy (non-hydrogen) atoms. The van der Waals surface area contributed by atoms with Gasteiger partial charge in [0, 0.05) is 32.7 Å². The molecule has 0 saturated heterocycles. The third kappa shape index (κ3) is 5.33. The van der Waals surface area contributed by atoms with E-state index in [4.69, 9.17) is 19.4 Å². The summed E-state index contributed by atoms with van der Waals surface area (Å²) in [6, 6.07) is 77.7. The molecule has 9 aromatic carbocycles. The van der Waals surface area contributed by atoms with Crippen LogP contribution in [-0.2, 0) is 5.41 Å². The molecule has 0 radical (unpaired) electrons. The molecule has 3 aromatic heterocycles. The van der Waals surface area contributed by atoms with Crippen molar-refractivity contribution in [3.05, 3.63) is 241 Å². The summed E-state index contributed by atoms with van der Waals surface area (Å²) < 4.78 is 8.54. The van der Waals surface area contributed by atoms with Gasteiger partial charge in [0.05, 0.1) is 16.4 Å². The highest BCUT2D eigenvalue weighted by Gasteiger charge is 2.46. The van der Waals surface area contributed by atoms with Gasteiger partial charge in [-0.1, -0.05) is 182 Å². The second kappa shape index (κ2) is 13.8. The number of furan rings is 1. The fraction of sp³-hybridized carbons (Fsp3) is 0.0172. The number of rotatable bonds is 6. The van der Waals surface area contributed by atoms with Crippen molar-refractivity contribution in [2.24, 2.45) is 0 Å². The zero-order valence-corrected chi connectivity index (χ0v) is 34.0. The molecule has 5 heteroatoms. The Hall–Kier alpha value is -8.41. The highest BCUT2D eigenvalue weighted by molar-refractivity contribution is 6.10. The molecule has 294 valence electrons. The number of fused-ring (bicyclic) bond motifs is 9. The van der Waals surface area contributed by atoms with Crippen molar-refractivity contribution >= 4 is 43.7 Å². The van der Waals surface area contributed by atoms with Gasteiger partial charge in [-0.15, -0.1) is 0 Å². The van der Waals surface area contributed by atoms with Crippen molar-refractivity contribution in [3.8, 4) is 51.0 Å². The minimum atomic E-state index is -0.496. The molecule has 5 nitrogen and oxygen atoms in total. The molecule has 0 aliphatic heterocycles. The van der Waals surface area contributed by atoms with Gasteiger partial charge in [0.25, 0.3) is 0 Å². The summed E-state index contributed by atoms with van der Waals surface area (Å²) in [6.07, 6.45) is 0. The highest BCUT2D eigenvalue weighted by Crippen LogP contribution is 2.56. The minimum Gasteiger partial charge on any atom is -0.456 e. The number of para-hydroxylation sites is 2. The van der Waals surface area contributed by atoms with Crippen LogP contribution in [-0.4, -0.2) is 19.5 Å². The Morgan fingerprint density at radius 2 is 0.905 bits per heavy atom. The van der Waals surface area contributed by atoms with Gasteiger partial charge in [-0.25, -0.2) is 4.98 Å². The Morgan fingerprint density at radius 3 is 1.70 bits per heavy atom. The van der Waals surface area contributed by atoms with Crippen LogP contribution >= 0.6 is 0 Å². The highest BCUT2D eigenvalue weighted by atomic mass is 16.3. The molecule has 1 aliphatic rings. The van der Waals surface area contributed by atoms with E-state index in [-0.39, 0.29) is 0 Å². The molecular weight excluding hydrogens is 769 g/mol. The number of benzene rings is 9. The Bertz CT molecular complexity index is 3700. The van der Waals surface area contributed by atoms with Gasteiger partial charge in [-0.3, -0.25) is 4.57 Å². The van der Waals surface area contributed by atoms with Gasteiger partial charge < -0.3 is 4.42 Å². The molecule has 3 heterocycles. The predicted molar refractivity (Wildman–Crippen MR) is 255 cm³/mol. The van der Waals surface area contributed by atoms with Crippen molar-refractivity contribution < 1.29 is 4.42 Å². The van der Waals surface area contributed by atoms with Crippen LogP contribution in [0.2, 0.25) is 0 Å². The van der Waals surface area contributed by atoms with Crippen LogP contribution in [0.5, 0.6) is 0 Å². The van der Waals surface area contributed by atoms with Gasteiger partial charge in [0.15, 0.2) is 11.6 Å².